The monoisotopic (exact) mass is 353 g/mol. The number of carbonyl (C=O) groups excluding carboxylic acids is 2. The minimum atomic E-state index is -0.127. The second kappa shape index (κ2) is 9.73. The Morgan fingerprint density at radius 1 is 0.962 bits per heavy atom. The van der Waals surface area contributed by atoms with Crippen molar-refractivity contribution >= 4 is 17.5 Å². The van der Waals surface area contributed by atoms with Gasteiger partial charge in [0.15, 0.2) is 0 Å². The number of para-hydroxylation sites is 1. The second-order valence-electron chi connectivity index (χ2n) is 6.43. The van der Waals surface area contributed by atoms with Gasteiger partial charge in [-0.05, 0) is 37.6 Å². The molecule has 0 fully saturated rings. The molecule has 0 aliphatic heterocycles. The molecule has 138 valence electrons. The summed E-state index contributed by atoms with van der Waals surface area (Å²) in [6.45, 7) is 4.32. The lowest BCUT2D eigenvalue weighted by atomic mass is 10.1. The Balaban J connectivity index is 1.81. The van der Waals surface area contributed by atoms with Gasteiger partial charge in [-0.15, -0.1) is 0 Å². The molecule has 0 radical (unpaired) electrons. The second-order valence-corrected chi connectivity index (χ2v) is 6.43. The molecule has 0 bridgehead atoms. The Morgan fingerprint density at radius 3 is 2.27 bits per heavy atom. The Kier molecular flexibility index (Phi) is 7.36. The van der Waals surface area contributed by atoms with Crippen LogP contribution >= 0.6 is 0 Å². The Bertz CT molecular complexity index is 731. The van der Waals surface area contributed by atoms with Gasteiger partial charge in [-0.2, -0.15) is 0 Å². The van der Waals surface area contributed by atoms with Crippen molar-refractivity contribution in [3.63, 3.8) is 0 Å². The summed E-state index contributed by atoms with van der Waals surface area (Å²) in [4.78, 5) is 26.1. The van der Waals surface area contributed by atoms with E-state index < -0.39 is 0 Å². The van der Waals surface area contributed by atoms with Crippen molar-refractivity contribution in [2.24, 2.45) is 0 Å². The standard InChI is InChI=1S/C21H27N3O2/c1-4-17-10-8-9-13-19(17)23-21(26)15-24(3)14-20(25)22-16(2)18-11-6-5-7-12-18/h5-13,16H,4,14-15H2,1-3H3,(H,22,25)(H,23,26)/t16-/m1/s1. The number of likely N-dealkylation sites (N-methyl/N-ethyl adjacent to an activating group) is 1. The molecule has 2 rings (SSSR count). The zero-order valence-electron chi connectivity index (χ0n) is 15.7. The zero-order chi connectivity index (χ0) is 18.9. The van der Waals surface area contributed by atoms with Crippen LogP contribution in [0.2, 0.25) is 0 Å². The normalized spacial score (nSPS) is 11.8. The van der Waals surface area contributed by atoms with Gasteiger partial charge in [0.05, 0.1) is 19.1 Å². The summed E-state index contributed by atoms with van der Waals surface area (Å²) in [6.07, 6.45) is 0.853. The molecule has 2 amide bonds. The van der Waals surface area contributed by atoms with E-state index in [0.29, 0.717) is 0 Å². The van der Waals surface area contributed by atoms with E-state index >= 15 is 0 Å². The van der Waals surface area contributed by atoms with E-state index in [1.165, 1.54) is 0 Å². The highest BCUT2D eigenvalue weighted by molar-refractivity contribution is 5.93. The first-order valence-corrected chi connectivity index (χ1v) is 8.90. The number of rotatable bonds is 8. The molecule has 5 nitrogen and oxygen atoms in total. The molecular formula is C21H27N3O2. The molecular weight excluding hydrogens is 326 g/mol. The average Bonchev–Trinajstić information content (AvgIpc) is 2.62. The maximum absolute atomic E-state index is 12.2. The highest BCUT2D eigenvalue weighted by Crippen LogP contribution is 2.15. The van der Waals surface area contributed by atoms with Gasteiger partial charge in [-0.1, -0.05) is 55.5 Å². The summed E-state index contributed by atoms with van der Waals surface area (Å²) in [5, 5.41) is 5.88. The summed E-state index contributed by atoms with van der Waals surface area (Å²) < 4.78 is 0. The highest BCUT2D eigenvalue weighted by Gasteiger charge is 2.14. The molecule has 0 aromatic heterocycles. The Hall–Kier alpha value is -2.66. The molecule has 1 atom stereocenters. The van der Waals surface area contributed by atoms with Gasteiger partial charge in [-0.3, -0.25) is 14.5 Å². The first kappa shape index (κ1) is 19.7. The van der Waals surface area contributed by atoms with Crippen molar-refractivity contribution in [2.45, 2.75) is 26.3 Å². The predicted octanol–water partition coefficient (Wildman–Crippen LogP) is 3.00. The van der Waals surface area contributed by atoms with Gasteiger partial charge in [0, 0.05) is 5.69 Å². The first-order valence-electron chi connectivity index (χ1n) is 8.90. The number of benzene rings is 2. The van der Waals surface area contributed by atoms with E-state index in [-0.39, 0.29) is 30.9 Å². The topological polar surface area (TPSA) is 61.4 Å². The van der Waals surface area contributed by atoms with Crippen LogP contribution < -0.4 is 10.6 Å². The molecule has 2 N–H and O–H groups in total. The van der Waals surface area contributed by atoms with E-state index in [0.717, 1.165) is 23.2 Å². The minimum Gasteiger partial charge on any atom is -0.348 e. The number of hydrogen-bond acceptors (Lipinski definition) is 3. The van der Waals surface area contributed by atoms with Crippen LogP contribution in [-0.2, 0) is 16.0 Å². The van der Waals surface area contributed by atoms with Crippen LogP contribution in [0.5, 0.6) is 0 Å². The van der Waals surface area contributed by atoms with Crippen molar-refractivity contribution in [1.29, 1.82) is 0 Å². The maximum Gasteiger partial charge on any atom is 0.238 e. The summed E-state index contributed by atoms with van der Waals surface area (Å²) in [5.74, 6) is -0.233. The van der Waals surface area contributed by atoms with Gasteiger partial charge in [-0.25, -0.2) is 0 Å². The summed E-state index contributed by atoms with van der Waals surface area (Å²) in [5.41, 5.74) is 2.98. The van der Waals surface area contributed by atoms with Crippen LogP contribution in [0.15, 0.2) is 54.6 Å². The zero-order valence-corrected chi connectivity index (χ0v) is 15.7. The van der Waals surface area contributed by atoms with Crippen molar-refractivity contribution in [2.75, 3.05) is 25.5 Å². The quantitative estimate of drug-likeness (QED) is 0.767. The molecule has 26 heavy (non-hydrogen) atoms. The molecule has 0 saturated heterocycles. The average molecular weight is 353 g/mol. The number of amides is 2. The summed E-state index contributed by atoms with van der Waals surface area (Å²) in [6, 6.07) is 17.5. The van der Waals surface area contributed by atoms with E-state index in [9.17, 15) is 9.59 Å². The third-order valence-electron chi connectivity index (χ3n) is 4.18. The number of nitrogens with zero attached hydrogens (tertiary/aromatic N) is 1. The summed E-state index contributed by atoms with van der Waals surface area (Å²) in [7, 11) is 1.76. The van der Waals surface area contributed by atoms with Gasteiger partial charge in [0.1, 0.15) is 0 Å². The number of anilines is 1. The SMILES string of the molecule is CCc1ccccc1NC(=O)CN(C)CC(=O)N[C@H](C)c1ccccc1. The number of carbonyl (C=O) groups is 2. The first-order chi connectivity index (χ1) is 12.5. The summed E-state index contributed by atoms with van der Waals surface area (Å²) >= 11 is 0. The van der Waals surface area contributed by atoms with E-state index in [2.05, 4.69) is 17.6 Å². The third-order valence-corrected chi connectivity index (χ3v) is 4.18. The van der Waals surface area contributed by atoms with Gasteiger partial charge in [0.25, 0.3) is 0 Å². The molecule has 2 aromatic rings. The third kappa shape index (κ3) is 6.01. The lowest BCUT2D eigenvalue weighted by molar-refractivity contribution is -0.123. The molecule has 5 heteroatoms. The van der Waals surface area contributed by atoms with Crippen LogP contribution in [0.4, 0.5) is 5.69 Å². The fourth-order valence-corrected chi connectivity index (χ4v) is 2.80. The van der Waals surface area contributed by atoms with Crippen LogP contribution in [0, 0.1) is 0 Å². The molecule has 0 saturated carbocycles. The lowest BCUT2D eigenvalue weighted by Crippen LogP contribution is -2.39. The van der Waals surface area contributed by atoms with Gasteiger partial charge < -0.3 is 10.6 Å². The van der Waals surface area contributed by atoms with Crippen LogP contribution in [0.25, 0.3) is 0 Å². The number of aryl methyl sites for hydroxylation is 1. The fraction of sp³-hybridized carbons (Fsp3) is 0.333. The maximum atomic E-state index is 12.2. The smallest absolute Gasteiger partial charge is 0.238 e. The van der Waals surface area contributed by atoms with E-state index in [1.54, 1.807) is 11.9 Å². The minimum absolute atomic E-state index is 0.0673. The lowest BCUT2D eigenvalue weighted by Gasteiger charge is -2.19. The highest BCUT2D eigenvalue weighted by atomic mass is 16.2. The van der Waals surface area contributed by atoms with Crippen molar-refractivity contribution in [3.05, 3.63) is 65.7 Å². The molecule has 0 unspecified atom stereocenters. The Morgan fingerprint density at radius 2 is 1.58 bits per heavy atom. The fourth-order valence-electron chi connectivity index (χ4n) is 2.80. The molecule has 0 spiro atoms. The largest absolute Gasteiger partial charge is 0.348 e. The number of hydrogen-bond donors (Lipinski definition) is 2. The predicted molar refractivity (Wildman–Crippen MR) is 105 cm³/mol. The van der Waals surface area contributed by atoms with Crippen molar-refractivity contribution < 1.29 is 9.59 Å². The van der Waals surface area contributed by atoms with Gasteiger partial charge in [0.2, 0.25) is 11.8 Å². The van der Waals surface area contributed by atoms with Crippen LogP contribution in [-0.4, -0.2) is 36.9 Å². The molecule has 0 aliphatic carbocycles. The number of nitrogens with one attached hydrogen (secondary N) is 2. The van der Waals surface area contributed by atoms with Crippen LogP contribution in [0.1, 0.15) is 31.0 Å². The van der Waals surface area contributed by atoms with Gasteiger partial charge >= 0.3 is 0 Å². The van der Waals surface area contributed by atoms with Crippen molar-refractivity contribution in [3.8, 4) is 0 Å². The molecule has 2 aromatic carbocycles. The Labute approximate surface area is 155 Å². The van der Waals surface area contributed by atoms with Crippen molar-refractivity contribution in [1.82, 2.24) is 10.2 Å². The van der Waals surface area contributed by atoms with E-state index in [4.69, 9.17) is 0 Å². The molecule has 0 aliphatic rings. The molecule has 0 heterocycles. The van der Waals surface area contributed by atoms with E-state index in [1.807, 2.05) is 61.5 Å². The van der Waals surface area contributed by atoms with Crippen LogP contribution in [0.3, 0.4) is 0 Å².